The largest absolute Gasteiger partial charge is 0.497 e. The van der Waals surface area contributed by atoms with Crippen molar-refractivity contribution in [2.75, 3.05) is 25.0 Å². The van der Waals surface area contributed by atoms with Crippen molar-refractivity contribution in [3.63, 3.8) is 0 Å². The van der Waals surface area contributed by atoms with Gasteiger partial charge in [-0.2, -0.15) is 0 Å². The van der Waals surface area contributed by atoms with Crippen LogP contribution in [0.3, 0.4) is 0 Å². The molecule has 3 aromatic rings. The number of nitrogens with zero attached hydrogens (tertiary/aromatic N) is 2. The van der Waals surface area contributed by atoms with Gasteiger partial charge in [0.1, 0.15) is 24.2 Å². The number of benzene rings is 3. The SMILES string of the molecule is CC[C@@H](C(=O)NC)N(Cc1cccc(OC)c1)C(=O)CN(c1ccccc1F)S(=O)(=O)c1ccc(C)cc1. The number of nitrogens with one attached hydrogen (secondary N) is 1. The van der Waals surface area contributed by atoms with Gasteiger partial charge in [-0.25, -0.2) is 12.8 Å². The van der Waals surface area contributed by atoms with Gasteiger partial charge < -0.3 is 15.0 Å². The average molecular weight is 542 g/mol. The van der Waals surface area contributed by atoms with Crippen LogP contribution in [-0.4, -0.2) is 51.9 Å². The smallest absolute Gasteiger partial charge is 0.264 e. The summed E-state index contributed by atoms with van der Waals surface area (Å²) in [5.41, 5.74) is 1.26. The maximum atomic E-state index is 14.9. The van der Waals surface area contributed by atoms with Gasteiger partial charge >= 0.3 is 0 Å². The van der Waals surface area contributed by atoms with Gasteiger partial charge in [0, 0.05) is 13.6 Å². The number of likely N-dealkylation sites (N-methyl/N-ethyl adjacent to an activating group) is 1. The minimum absolute atomic E-state index is 0.0116. The number of sulfonamides is 1. The van der Waals surface area contributed by atoms with Crippen molar-refractivity contribution < 1.29 is 27.1 Å². The molecule has 3 aromatic carbocycles. The lowest BCUT2D eigenvalue weighted by molar-refractivity contribution is -0.140. The van der Waals surface area contributed by atoms with Crippen molar-refractivity contribution in [1.29, 1.82) is 0 Å². The predicted molar refractivity (Wildman–Crippen MR) is 144 cm³/mol. The van der Waals surface area contributed by atoms with Gasteiger partial charge in [0.05, 0.1) is 17.7 Å². The highest BCUT2D eigenvalue weighted by Gasteiger charge is 2.34. The van der Waals surface area contributed by atoms with E-state index in [1.54, 1.807) is 43.3 Å². The molecule has 0 aliphatic rings. The standard InChI is InChI=1S/C28H32FN3O5S/c1-5-25(28(34)30-3)31(18-21-9-8-10-22(17-21)37-4)27(33)19-32(26-12-7-6-11-24(26)29)38(35,36)23-15-13-20(2)14-16-23/h6-17,25H,5,18-19H2,1-4H3,(H,30,34)/t25-/m0/s1. The van der Waals surface area contributed by atoms with Crippen LogP contribution >= 0.6 is 0 Å². The molecule has 202 valence electrons. The molecule has 0 radical (unpaired) electrons. The minimum Gasteiger partial charge on any atom is -0.497 e. The van der Waals surface area contributed by atoms with E-state index in [4.69, 9.17) is 4.74 Å². The van der Waals surface area contributed by atoms with E-state index in [9.17, 15) is 22.4 Å². The second kappa shape index (κ2) is 12.6. The fourth-order valence-electron chi connectivity index (χ4n) is 4.06. The van der Waals surface area contributed by atoms with E-state index < -0.39 is 40.2 Å². The van der Waals surface area contributed by atoms with Gasteiger partial charge in [0.2, 0.25) is 11.8 Å². The van der Waals surface area contributed by atoms with Crippen LogP contribution in [0.25, 0.3) is 0 Å². The Morgan fingerprint density at radius 3 is 2.32 bits per heavy atom. The summed E-state index contributed by atoms with van der Waals surface area (Å²) in [6.07, 6.45) is 0.278. The molecule has 0 bridgehead atoms. The van der Waals surface area contributed by atoms with Crippen LogP contribution in [0.15, 0.2) is 77.7 Å². The molecule has 0 unspecified atom stereocenters. The van der Waals surface area contributed by atoms with Crippen molar-refractivity contribution in [3.05, 3.63) is 89.7 Å². The number of rotatable bonds is 11. The third-order valence-electron chi connectivity index (χ3n) is 6.13. The lowest BCUT2D eigenvalue weighted by Crippen LogP contribution is -2.51. The summed E-state index contributed by atoms with van der Waals surface area (Å²) in [4.78, 5) is 27.8. The Labute approximate surface area is 223 Å². The number of ether oxygens (including phenoxy) is 1. The maximum Gasteiger partial charge on any atom is 0.264 e. The number of hydrogen-bond acceptors (Lipinski definition) is 5. The topological polar surface area (TPSA) is 96.0 Å². The van der Waals surface area contributed by atoms with Gasteiger partial charge in [-0.3, -0.25) is 13.9 Å². The van der Waals surface area contributed by atoms with Crippen LogP contribution in [0, 0.1) is 12.7 Å². The molecule has 0 heterocycles. The van der Waals surface area contributed by atoms with Crippen molar-refractivity contribution in [2.45, 2.75) is 37.8 Å². The first-order valence-corrected chi connectivity index (χ1v) is 13.5. The molecule has 0 aliphatic heterocycles. The first kappa shape index (κ1) is 28.6. The molecular weight excluding hydrogens is 509 g/mol. The van der Waals surface area contributed by atoms with Crippen LogP contribution in [0.4, 0.5) is 10.1 Å². The Bertz CT molecular complexity index is 1380. The highest BCUT2D eigenvalue weighted by atomic mass is 32.2. The van der Waals surface area contributed by atoms with E-state index in [0.717, 1.165) is 15.9 Å². The summed E-state index contributed by atoms with van der Waals surface area (Å²) < 4.78 is 48.4. The number of aryl methyl sites for hydroxylation is 1. The van der Waals surface area contributed by atoms with E-state index >= 15 is 0 Å². The zero-order valence-corrected chi connectivity index (χ0v) is 22.7. The lowest BCUT2D eigenvalue weighted by Gasteiger charge is -2.33. The fraction of sp³-hybridized carbons (Fsp3) is 0.286. The minimum atomic E-state index is -4.34. The second-order valence-electron chi connectivity index (χ2n) is 8.69. The molecule has 0 saturated carbocycles. The Morgan fingerprint density at radius 2 is 1.71 bits per heavy atom. The number of hydrogen-bond donors (Lipinski definition) is 1. The zero-order chi connectivity index (χ0) is 27.9. The summed E-state index contributed by atoms with van der Waals surface area (Å²) >= 11 is 0. The third-order valence-corrected chi connectivity index (χ3v) is 7.90. The first-order chi connectivity index (χ1) is 18.1. The Hall–Kier alpha value is -3.92. The van der Waals surface area contributed by atoms with Crippen LogP contribution < -0.4 is 14.4 Å². The molecule has 38 heavy (non-hydrogen) atoms. The molecule has 10 heteroatoms. The van der Waals surface area contributed by atoms with Crippen LogP contribution in [0.1, 0.15) is 24.5 Å². The van der Waals surface area contributed by atoms with Crippen LogP contribution in [-0.2, 0) is 26.2 Å². The van der Waals surface area contributed by atoms with Crippen molar-refractivity contribution in [2.24, 2.45) is 0 Å². The second-order valence-corrected chi connectivity index (χ2v) is 10.5. The summed E-state index contributed by atoms with van der Waals surface area (Å²) in [5.74, 6) is -1.30. The number of para-hydroxylation sites is 1. The van der Waals surface area contributed by atoms with E-state index in [1.165, 1.54) is 49.4 Å². The quantitative estimate of drug-likeness (QED) is 0.397. The van der Waals surface area contributed by atoms with Gasteiger partial charge in [0.15, 0.2) is 0 Å². The molecule has 0 saturated heterocycles. The molecule has 1 atom stereocenters. The molecule has 8 nitrogen and oxygen atoms in total. The van der Waals surface area contributed by atoms with E-state index in [-0.39, 0.29) is 23.5 Å². The Kier molecular flexibility index (Phi) is 9.46. The number of carbonyl (C=O) groups excluding carboxylic acids is 2. The number of amides is 2. The van der Waals surface area contributed by atoms with E-state index in [0.29, 0.717) is 11.3 Å². The predicted octanol–water partition coefficient (Wildman–Crippen LogP) is 3.89. The van der Waals surface area contributed by atoms with Gasteiger partial charge in [-0.05, 0) is 55.3 Å². The fourth-order valence-corrected chi connectivity index (χ4v) is 5.48. The van der Waals surface area contributed by atoms with Crippen molar-refractivity contribution >= 4 is 27.5 Å². The van der Waals surface area contributed by atoms with Crippen molar-refractivity contribution in [3.8, 4) is 5.75 Å². The van der Waals surface area contributed by atoms with Gasteiger partial charge in [-0.15, -0.1) is 0 Å². The molecule has 0 aromatic heterocycles. The maximum absolute atomic E-state index is 14.9. The van der Waals surface area contributed by atoms with Crippen molar-refractivity contribution in [1.82, 2.24) is 10.2 Å². The first-order valence-electron chi connectivity index (χ1n) is 12.1. The molecular formula is C28H32FN3O5S. The summed E-state index contributed by atoms with van der Waals surface area (Å²) in [6.45, 7) is 2.87. The highest BCUT2D eigenvalue weighted by Crippen LogP contribution is 2.27. The normalized spacial score (nSPS) is 11.9. The number of carbonyl (C=O) groups is 2. The van der Waals surface area contributed by atoms with Gasteiger partial charge in [-0.1, -0.05) is 48.9 Å². The van der Waals surface area contributed by atoms with Gasteiger partial charge in [0.25, 0.3) is 10.0 Å². The molecule has 0 fully saturated rings. The monoisotopic (exact) mass is 541 g/mol. The summed E-state index contributed by atoms with van der Waals surface area (Å²) in [5, 5.41) is 2.57. The molecule has 1 N–H and O–H groups in total. The lowest BCUT2D eigenvalue weighted by atomic mass is 10.1. The Morgan fingerprint density at radius 1 is 1.03 bits per heavy atom. The zero-order valence-electron chi connectivity index (χ0n) is 21.8. The van der Waals surface area contributed by atoms with Crippen LogP contribution in [0.2, 0.25) is 0 Å². The molecule has 3 rings (SSSR count). The average Bonchev–Trinajstić information content (AvgIpc) is 2.92. The van der Waals surface area contributed by atoms with E-state index in [1.807, 2.05) is 6.92 Å². The number of methoxy groups -OCH3 is 1. The molecule has 0 aliphatic carbocycles. The summed E-state index contributed by atoms with van der Waals surface area (Å²) in [7, 11) is -1.36. The Balaban J connectivity index is 2.07. The summed E-state index contributed by atoms with van der Waals surface area (Å²) in [6, 6.07) is 17.6. The van der Waals surface area contributed by atoms with Crippen LogP contribution in [0.5, 0.6) is 5.75 Å². The highest BCUT2D eigenvalue weighted by molar-refractivity contribution is 7.92. The molecule has 2 amide bonds. The number of anilines is 1. The number of halogens is 1. The molecule has 0 spiro atoms. The van der Waals surface area contributed by atoms with E-state index in [2.05, 4.69) is 5.32 Å². The third kappa shape index (κ3) is 6.49.